The monoisotopic (exact) mass is 292 g/mol. The van der Waals surface area contributed by atoms with Crippen molar-refractivity contribution in [1.29, 1.82) is 0 Å². The lowest BCUT2D eigenvalue weighted by Gasteiger charge is -2.22. The Bertz CT molecular complexity index is 471. The van der Waals surface area contributed by atoms with Gasteiger partial charge >= 0.3 is 0 Å². The van der Waals surface area contributed by atoms with Crippen molar-refractivity contribution in [2.45, 2.75) is 32.3 Å². The van der Waals surface area contributed by atoms with Crippen LogP contribution in [-0.4, -0.2) is 38.8 Å². The van der Waals surface area contributed by atoms with Crippen LogP contribution in [0.15, 0.2) is 18.2 Å². The highest BCUT2D eigenvalue weighted by atomic mass is 16.5. The van der Waals surface area contributed by atoms with Gasteiger partial charge in [-0.15, -0.1) is 0 Å². The highest BCUT2D eigenvalue weighted by Crippen LogP contribution is 2.25. The van der Waals surface area contributed by atoms with Crippen LogP contribution < -0.4 is 15.4 Å². The van der Waals surface area contributed by atoms with E-state index in [1.54, 1.807) is 7.11 Å². The first kappa shape index (κ1) is 15.8. The van der Waals surface area contributed by atoms with Gasteiger partial charge in [0.1, 0.15) is 5.75 Å². The van der Waals surface area contributed by atoms with Crippen LogP contribution in [0.25, 0.3) is 0 Å². The minimum Gasteiger partial charge on any atom is -0.495 e. The fraction of sp³-hybridized carbons (Fsp3) is 0.562. The van der Waals surface area contributed by atoms with Crippen molar-refractivity contribution in [3.63, 3.8) is 0 Å². The van der Waals surface area contributed by atoms with E-state index in [0.717, 1.165) is 31.5 Å². The molecular weight excluding hydrogens is 268 g/mol. The Labute approximate surface area is 126 Å². The van der Waals surface area contributed by atoms with E-state index in [1.165, 1.54) is 0 Å². The van der Waals surface area contributed by atoms with E-state index in [-0.39, 0.29) is 12.0 Å². The van der Waals surface area contributed by atoms with E-state index >= 15 is 0 Å². The van der Waals surface area contributed by atoms with Crippen LogP contribution in [0, 0.1) is 6.92 Å². The number of methoxy groups -OCH3 is 1. The normalized spacial score (nSPS) is 15.7. The Hall–Kier alpha value is -1.59. The molecule has 0 aromatic heterocycles. The molecule has 0 aliphatic carbocycles. The zero-order chi connectivity index (χ0) is 15.1. The standard InChI is InChI=1S/C16H24N2O3/c1-12-3-4-14(15(11-12)20-2)18-16(19)7-10-21-13-5-8-17-9-6-13/h3-4,11,13,17H,5-10H2,1-2H3,(H,18,19). The fourth-order valence-electron chi connectivity index (χ4n) is 2.39. The predicted molar refractivity (Wildman–Crippen MR) is 82.8 cm³/mol. The van der Waals surface area contributed by atoms with E-state index < -0.39 is 0 Å². The van der Waals surface area contributed by atoms with Gasteiger partial charge in [0.25, 0.3) is 0 Å². The summed E-state index contributed by atoms with van der Waals surface area (Å²) in [5.74, 6) is 0.633. The zero-order valence-electron chi connectivity index (χ0n) is 12.8. The number of benzene rings is 1. The molecule has 0 spiro atoms. The van der Waals surface area contributed by atoms with Crippen molar-refractivity contribution < 1.29 is 14.3 Å². The molecular formula is C16H24N2O3. The molecule has 2 N–H and O–H groups in total. The van der Waals surface area contributed by atoms with E-state index in [2.05, 4.69) is 10.6 Å². The average molecular weight is 292 g/mol. The number of piperidine rings is 1. The molecule has 1 fully saturated rings. The second-order valence-electron chi connectivity index (χ2n) is 5.32. The number of carbonyl (C=O) groups is 1. The molecule has 116 valence electrons. The van der Waals surface area contributed by atoms with E-state index in [1.807, 2.05) is 25.1 Å². The lowest BCUT2D eigenvalue weighted by atomic mass is 10.1. The van der Waals surface area contributed by atoms with Crippen LogP contribution in [0.2, 0.25) is 0 Å². The molecule has 21 heavy (non-hydrogen) atoms. The minimum atomic E-state index is -0.0499. The van der Waals surface area contributed by atoms with Gasteiger partial charge in [0.15, 0.2) is 0 Å². The third kappa shape index (κ3) is 5.02. The third-order valence-corrected chi connectivity index (χ3v) is 3.60. The maximum Gasteiger partial charge on any atom is 0.226 e. The van der Waals surface area contributed by atoms with Crippen molar-refractivity contribution in [3.05, 3.63) is 23.8 Å². The van der Waals surface area contributed by atoms with Gasteiger partial charge < -0.3 is 20.1 Å². The molecule has 0 radical (unpaired) electrons. The first-order valence-corrected chi connectivity index (χ1v) is 7.46. The Morgan fingerprint density at radius 3 is 2.86 bits per heavy atom. The highest BCUT2D eigenvalue weighted by molar-refractivity contribution is 5.92. The molecule has 2 rings (SSSR count). The second-order valence-corrected chi connectivity index (χ2v) is 5.32. The molecule has 0 atom stereocenters. The molecule has 1 saturated heterocycles. The van der Waals surface area contributed by atoms with Crippen molar-refractivity contribution in [3.8, 4) is 5.75 Å². The van der Waals surface area contributed by atoms with Crippen LogP contribution in [-0.2, 0) is 9.53 Å². The molecule has 5 nitrogen and oxygen atoms in total. The quantitative estimate of drug-likeness (QED) is 0.843. The summed E-state index contributed by atoms with van der Waals surface area (Å²) in [6, 6.07) is 5.71. The smallest absolute Gasteiger partial charge is 0.226 e. The topological polar surface area (TPSA) is 59.6 Å². The van der Waals surface area contributed by atoms with Crippen molar-refractivity contribution in [2.24, 2.45) is 0 Å². The molecule has 1 aromatic carbocycles. The second kappa shape index (κ2) is 8.00. The summed E-state index contributed by atoms with van der Waals surface area (Å²) in [4.78, 5) is 11.9. The van der Waals surface area contributed by atoms with Gasteiger partial charge in [-0.1, -0.05) is 6.07 Å². The molecule has 0 bridgehead atoms. The minimum absolute atomic E-state index is 0.0499. The first-order chi connectivity index (χ1) is 10.2. The number of amides is 1. The lowest BCUT2D eigenvalue weighted by Crippen LogP contribution is -2.33. The maximum atomic E-state index is 11.9. The van der Waals surface area contributed by atoms with Crippen LogP contribution in [0.5, 0.6) is 5.75 Å². The van der Waals surface area contributed by atoms with E-state index in [4.69, 9.17) is 9.47 Å². The summed E-state index contributed by atoms with van der Waals surface area (Å²) < 4.78 is 11.0. The van der Waals surface area contributed by atoms with Gasteiger partial charge in [0.2, 0.25) is 5.91 Å². The molecule has 1 heterocycles. The summed E-state index contributed by atoms with van der Waals surface area (Å²) in [5.41, 5.74) is 1.80. The zero-order valence-corrected chi connectivity index (χ0v) is 12.8. The van der Waals surface area contributed by atoms with Crippen molar-refractivity contribution in [1.82, 2.24) is 5.32 Å². The number of aryl methyl sites for hydroxylation is 1. The number of carbonyl (C=O) groups excluding carboxylic acids is 1. The molecule has 1 aliphatic rings. The lowest BCUT2D eigenvalue weighted by molar-refractivity contribution is -0.117. The van der Waals surface area contributed by atoms with Crippen molar-refractivity contribution in [2.75, 3.05) is 32.1 Å². The van der Waals surface area contributed by atoms with Gasteiger partial charge in [-0.25, -0.2) is 0 Å². The summed E-state index contributed by atoms with van der Waals surface area (Å²) in [7, 11) is 1.60. The summed E-state index contributed by atoms with van der Waals surface area (Å²) in [5, 5.41) is 6.16. The van der Waals surface area contributed by atoms with Crippen LogP contribution >= 0.6 is 0 Å². The van der Waals surface area contributed by atoms with Gasteiger partial charge in [-0.05, 0) is 50.6 Å². The SMILES string of the molecule is COc1cc(C)ccc1NC(=O)CCOC1CCNCC1. The Morgan fingerprint density at radius 2 is 2.14 bits per heavy atom. The van der Waals surface area contributed by atoms with Gasteiger partial charge in [-0.2, -0.15) is 0 Å². The summed E-state index contributed by atoms with van der Waals surface area (Å²) in [6.45, 7) is 4.44. The Morgan fingerprint density at radius 1 is 1.38 bits per heavy atom. The summed E-state index contributed by atoms with van der Waals surface area (Å²) in [6.07, 6.45) is 2.69. The Kier molecular flexibility index (Phi) is 6.02. The van der Waals surface area contributed by atoms with E-state index in [9.17, 15) is 4.79 Å². The number of anilines is 1. The molecule has 1 amide bonds. The largest absolute Gasteiger partial charge is 0.495 e. The molecule has 0 saturated carbocycles. The Balaban J connectivity index is 1.76. The maximum absolute atomic E-state index is 11.9. The molecule has 1 aliphatic heterocycles. The number of ether oxygens (including phenoxy) is 2. The molecule has 0 unspecified atom stereocenters. The van der Waals surface area contributed by atoms with Crippen molar-refractivity contribution >= 4 is 11.6 Å². The van der Waals surface area contributed by atoms with Crippen LogP contribution in [0.4, 0.5) is 5.69 Å². The average Bonchev–Trinajstić information content (AvgIpc) is 2.50. The number of hydrogen-bond acceptors (Lipinski definition) is 4. The number of rotatable bonds is 6. The van der Waals surface area contributed by atoms with Crippen LogP contribution in [0.3, 0.4) is 0 Å². The van der Waals surface area contributed by atoms with Gasteiger partial charge in [-0.3, -0.25) is 4.79 Å². The van der Waals surface area contributed by atoms with Gasteiger partial charge in [0, 0.05) is 0 Å². The summed E-state index contributed by atoms with van der Waals surface area (Å²) >= 11 is 0. The molecule has 5 heteroatoms. The van der Waals surface area contributed by atoms with Crippen LogP contribution in [0.1, 0.15) is 24.8 Å². The fourth-order valence-corrected chi connectivity index (χ4v) is 2.39. The number of hydrogen-bond donors (Lipinski definition) is 2. The van der Waals surface area contributed by atoms with Gasteiger partial charge in [0.05, 0.1) is 31.9 Å². The molecule has 1 aromatic rings. The predicted octanol–water partition coefficient (Wildman–Crippen LogP) is 2.10. The first-order valence-electron chi connectivity index (χ1n) is 7.46. The third-order valence-electron chi connectivity index (χ3n) is 3.60. The van der Waals surface area contributed by atoms with E-state index in [0.29, 0.717) is 24.5 Å². The highest BCUT2D eigenvalue weighted by Gasteiger charge is 2.14. The number of nitrogens with one attached hydrogen (secondary N) is 2.